The Morgan fingerprint density at radius 3 is 2.31 bits per heavy atom. The first kappa shape index (κ1) is 9.95. The molecule has 0 radical (unpaired) electrons. The van der Waals surface area contributed by atoms with Gasteiger partial charge in [0.05, 0.1) is 0 Å². The number of hydrogen-bond acceptors (Lipinski definition) is 3. The van der Waals surface area contributed by atoms with E-state index in [-0.39, 0.29) is 12.8 Å². The van der Waals surface area contributed by atoms with Gasteiger partial charge in [0.2, 0.25) is 6.86 Å². The number of carboxylic acids is 1. The van der Waals surface area contributed by atoms with Crippen molar-refractivity contribution in [2.75, 3.05) is 6.86 Å². The summed E-state index contributed by atoms with van der Waals surface area (Å²) in [4.78, 5) is 22.0. The largest absolute Gasteiger partial charge is 0.480 e. The lowest BCUT2D eigenvalue weighted by Gasteiger charge is -2.19. The van der Waals surface area contributed by atoms with E-state index < -0.39 is 24.2 Å². The van der Waals surface area contributed by atoms with Gasteiger partial charge in [0.15, 0.2) is 5.41 Å². The smallest absolute Gasteiger partial charge is 0.325 e. The van der Waals surface area contributed by atoms with Crippen LogP contribution in [0.4, 0.5) is 4.39 Å². The quantitative estimate of drug-likeness (QED) is 0.534. The van der Waals surface area contributed by atoms with Crippen molar-refractivity contribution in [1.29, 1.82) is 0 Å². The van der Waals surface area contributed by atoms with Gasteiger partial charge in [0.25, 0.3) is 0 Å². The molecule has 4 nitrogen and oxygen atoms in total. The Bertz CT molecular complexity index is 220. The number of carboxylic acid groups (broad SMARTS) is 1. The van der Waals surface area contributed by atoms with Crippen molar-refractivity contribution in [3.05, 3.63) is 0 Å². The van der Waals surface area contributed by atoms with Crippen LogP contribution in [0.25, 0.3) is 0 Å². The van der Waals surface area contributed by atoms with Crippen molar-refractivity contribution in [2.45, 2.75) is 25.7 Å². The third-order valence-corrected chi connectivity index (χ3v) is 2.44. The van der Waals surface area contributed by atoms with Gasteiger partial charge >= 0.3 is 11.9 Å². The molecule has 0 atom stereocenters. The molecule has 0 amide bonds. The van der Waals surface area contributed by atoms with Crippen LogP contribution < -0.4 is 0 Å². The summed E-state index contributed by atoms with van der Waals surface area (Å²) in [5, 5.41) is 8.84. The summed E-state index contributed by atoms with van der Waals surface area (Å²) in [6.07, 6.45) is 1.85. The second-order valence-corrected chi connectivity index (χ2v) is 3.14. The van der Waals surface area contributed by atoms with Crippen LogP contribution in [0.1, 0.15) is 25.7 Å². The molecule has 0 aromatic rings. The minimum atomic E-state index is -1.48. The number of esters is 1. The minimum Gasteiger partial charge on any atom is -0.480 e. The summed E-state index contributed by atoms with van der Waals surface area (Å²) < 4.78 is 15.8. The molecule has 0 unspecified atom stereocenters. The Kier molecular flexibility index (Phi) is 2.85. The molecule has 1 saturated carbocycles. The molecular weight excluding hydrogens is 179 g/mol. The number of hydrogen-bond donors (Lipinski definition) is 1. The highest BCUT2D eigenvalue weighted by Crippen LogP contribution is 2.39. The fourth-order valence-corrected chi connectivity index (χ4v) is 1.67. The molecule has 1 aliphatic carbocycles. The molecule has 13 heavy (non-hydrogen) atoms. The number of rotatable bonds is 3. The van der Waals surface area contributed by atoms with Crippen molar-refractivity contribution >= 4 is 11.9 Å². The van der Waals surface area contributed by atoms with Gasteiger partial charge in [-0.1, -0.05) is 12.8 Å². The van der Waals surface area contributed by atoms with Gasteiger partial charge in [-0.25, -0.2) is 4.39 Å². The van der Waals surface area contributed by atoms with Crippen LogP contribution in [0.5, 0.6) is 0 Å². The van der Waals surface area contributed by atoms with Gasteiger partial charge in [-0.15, -0.1) is 0 Å². The van der Waals surface area contributed by atoms with E-state index in [4.69, 9.17) is 5.11 Å². The maximum Gasteiger partial charge on any atom is 0.325 e. The van der Waals surface area contributed by atoms with Crippen molar-refractivity contribution in [3.63, 3.8) is 0 Å². The fraction of sp³-hybridized carbons (Fsp3) is 0.750. The van der Waals surface area contributed by atoms with Crippen LogP contribution in [-0.4, -0.2) is 23.9 Å². The molecule has 0 aliphatic heterocycles. The SMILES string of the molecule is O=C(O)C1(C(=O)OCF)CCCC1. The number of carbonyl (C=O) groups is 2. The zero-order chi connectivity index (χ0) is 9.90. The van der Waals surface area contributed by atoms with Crippen molar-refractivity contribution < 1.29 is 23.8 Å². The van der Waals surface area contributed by atoms with Crippen LogP contribution >= 0.6 is 0 Å². The molecule has 1 aliphatic rings. The normalized spacial score (nSPS) is 19.8. The summed E-state index contributed by atoms with van der Waals surface area (Å²) >= 11 is 0. The molecule has 0 saturated heterocycles. The Morgan fingerprint density at radius 1 is 1.38 bits per heavy atom. The monoisotopic (exact) mass is 190 g/mol. The second kappa shape index (κ2) is 3.72. The number of ether oxygens (including phenoxy) is 1. The lowest BCUT2D eigenvalue weighted by Crippen LogP contribution is -2.38. The highest BCUT2D eigenvalue weighted by Gasteiger charge is 2.49. The highest BCUT2D eigenvalue weighted by molar-refractivity contribution is 5.99. The molecule has 5 heteroatoms. The Labute approximate surface area is 74.7 Å². The Hall–Kier alpha value is -1.13. The van der Waals surface area contributed by atoms with E-state index >= 15 is 0 Å². The minimum absolute atomic E-state index is 0.251. The lowest BCUT2D eigenvalue weighted by atomic mass is 9.86. The van der Waals surface area contributed by atoms with Gasteiger partial charge in [0.1, 0.15) is 0 Å². The number of alkyl halides is 1. The van der Waals surface area contributed by atoms with Gasteiger partial charge in [0, 0.05) is 0 Å². The third-order valence-electron chi connectivity index (χ3n) is 2.44. The van der Waals surface area contributed by atoms with Gasteiger partial charge in [-0.05, 0) is 12.8 Å². The van der Waals surface area contributed by atoms with E-state index in [9.17, 15) is 14.0 Å². The molecule has 0 aromatic carbocycles. The van der Waals surface area contributed by atoms with Crippen LogP contribution in [0.2, 0.25) is 0 Å². The van der Waals surface area contributed by atoms with E-state index in [1.54, 1.807) is 0 Å². The zero-order valence-electron chi connectivity index (χ0n) is 7.09. The van der Waals surface area contributed by atoms with Crippen molar-refractivity contribution in [3.8, 4) is 0 Å². The van der Waals surface area contributed by atoms with E-state index in [2.05, 4.69) is 4.74 Å². The van der Waals surface area contributed by atoms with E-state index in [0.29, 0.717) is 12.8 Å². The average Bonchev–Trinajstić information content (AvgIpc) is 2.53. The average molecular weight is 190 g/mol. The van der Waals surface area contributed by atoms with E-state index in [1.165, 1.54) is 0 Å². The fourth-order valence-electron chi connectivity index (χ4n) is 1.67. The zero-order valence-corrected chi connectivity index (χ0v) is 7.09. The van der Waals surface area contributed by atoms with Crippen LogP contribution in [-0.2, 0) is 14.3 Å². The molecule has 1 fully saturated rings. The maximum atomic E-state index is 11.7. The van der Waals surface area contributed by atoms with Gasteiger partial charge in [-0.3, -0.25) is 9.59 Å². The molecule has 1 N–H and O–H groups in total. The molecule has 0 spiro atoms. The first-order valence-corrected chi connectivity index (χ1v) is 4.10. The van der Waals surface area contributed by atoms with E-state index in [0.717, 1.165) is 0 Å². The van der Waals surface area contributed by atoms with Gasteiger partial charge < -0.3 is 9.84 Å². The summed E-state index contributed by atoms with van der Waals surface area (Å²) in [5.74, 6) is -2.15. The number of aliphatic carboxylic acids is 1. The molecule has 0 heterocycles. The lowest BCUT2D eigenvalue weighted by molar-refractivity contribution is -0.171. The Morgan fingerprint density at radius 2 is 1.92 bits per heavy atom. The van der Waals surface area contributed by atoms with E-state index in [1.807, 2.05) is 0 Å². The third kappa shape index (κ3) is 1.64. The highest BCUT2D eigenvalue weighted by atomic mass is 19.1. The maximum absolute atomic E-state index is 11.7. The number of carbonyl (C=O) groups excluding carboxylic acids is 1. The predicted octanol–water partition coefficient (Wildman–Crippen LogP) is 1.10. The second-order valence-electron chi connectivity index (χ2n) is 3.14. The summed E-state index contributed by atoms with van der Waals surface area (Å²) in [7, 11) is 0. The number of halogens is 1. The van der Waals surface area contributed by atoms with Crippen LogP contribution in [0, 0.1) is 5.41 Å². The summed E-state index contributed by atoms with van der Waals surface area (Å²) in [6, 6.07) is 0. The van der Waals surface area contributed by atoms with Crippen molar-refractivity contribution in [1.82, 2.24) is 0 Å². The first-order valence-electron chi connectivity index (χ1n) is 4.10. The van der Waals surface area contributed by atoms with Crippen LogP contribution in [0.3, 0.4) is 0 Å². The summed E-state index contributed by atoms with van der Waals surface area (Å²) in [6.45, 7) is -1.26. The summed E-state index contributed by atoms with van der Waals surface area (Å²) in [5.41, 5.74) is -1.48. The Balaban J connectivity index is 2.78. The molecule has 0 bridgehead atoms. The van der Waals surface area contributed by atoms with Gasteiger partial charge in [-0.2, -0.15) is 0 Å². The molecule has 1 rings (SSSR count). The molecule has 74 valence electrons. The molecular formula is C8H11FO4. The molecule has 0 aromatic heterocycles. The predicted molar refractivity (Wildman–Crippen MR) is 40.6 cm³/mol. The standard InChI is InChI=1S/C8H11FO4/c9-5-13-7(12)8(6(10)11)3-1-2-4-8/h1-5H2,(H,10,11). The van der Waals surface area contributed by atoms with Crippen LogP contribution in [0.15, 0.2) is 0 Å². The topological polar surface area (TPSA) is 63.6 Å². The first-order chi connectivity index (χ1) is 6.13. The van der Waals surface area contributed by atoms with Crippen molar-refractivity contribution in [2.24, 2.45) is 5.41 Å².